The van der Waals surface area contributed by atoms with E-state index < -0.39 is 36.3 Å². The largest absolute Gasteiger partial charge is 0.409 e. The molecule has 97 valence electrons. The Labute approximate surface area is 120 Å². The molecule has 0 fully saturated rings. The summed E-state index contributed by atoms with van der Waals surface area (Å²) in [6.07, 6.45) is 1.93. The van der Waals surface area contributed by atoms with Crippen molar-refractivity contribution in [2.24, 2.45) is 0 Å². The maximum atomic E-state index is 10.1. The van der Waals surface area contributed by atoms with E-state index in [1.807, 2.05) is 0 Å². The molecule has 0 aromatic heterocycles. The Kier molecular flexibility index (Phi) is 10.2. The number of hydrogen-bond donors (Lipinski definition) is 0. The molecular weight excluding hydrogens is 381 g/mol. The van der Waals surface area contributed by atoms with Crippen LogP contribution in [0.25, 0.3) is 0 Å². The molecule has 0 amide bonds. The van der Waals surface area contributed by atoms with Gasteiger partial charge in [0.25, 0.3) is 0 Å². The summed E-state index contributed by atoms with van der Waals surface area (Å²) in [5, 5.41) is 0. The van der Waals surface area contributed by atoms with Gasteiger partial charge in [-0.2, -0.15) is 0 Å². The quantitative estimate of drug-likeness (QED) is 0.400. The molecule has 8 nitrogen and oxygen atoms in total. The zero-order valence-electron chi connectivity index (χ0n) is 8.48. The van der Waals surface area contributed by atoms with Crippen LogP contribution >= 0.6 is 0 Å². The minimum Gasteiger partial charge on any atom is -0.409 e. The minimum absolute atomic E-state index is 0. The van der Waals surface area contributed by atoms with E-state index in [4.69, 9.17) is 0 Å². The summed E-state index contributed by atoms with van der Waals surface area (Å²) in [5.41, 5.74) is 0. The van der Waals surface area contributed by atoms with E-state index in [-0.39, 0.29) is 32.7 Å². The Morgan fingerprint density at radius 2 is 0.812 bits per heavy atom. The van der Waals surface area contributed by atoms with Crippen molar-refractivity contribution >= 4 is 36.3 Å². The molecule has 0 atom stereocenters. The van der Waals surface area contributed by atoms with Crippen LogP contribution in [0.5, 0.6) is 0 Å². The summed E-state index contributed by atoms with van der Waals surface area (Å²) >= 11 is 0. The third-order valence-electron chi connectivity index (χ3n) is 0.797. The fourth-order valence-corrected chi connectivity index (χ4v) is 0. The van der Waals surface area contributed by atoms with Gasteiger partial charge < -0.3 is 8.42 Å². The van der Waals surface area contributed by atoms with Crippen molar-refractivity contribution in [1.82, 2.24) is 0 Å². The van der Waals surface area contributed by atoms with Crippen molar-refractivity contribution in [3.63, 3.8) is 0 Å². The smallest absolute Gasteiger partial charge is 0.250 e. The van der Waals surface area contributed by atoms with Crippen LogP contribution in [0.15, 0.2) is 0 Å². The van der Waals surface area contributed by atoms with E-state index in [9.17, 15) is 33.7 Å². The summed E-state index contributed by atoms with van der Waals surface area (Å²) in [5.74, 6) is 0. The monoisotopic (exact) mass is 390 g/mol. The van der Waals surface area contributed by atoms with Crippen molar-refractivity contribution in [2.75, 3.05) is 18.8 Å². The van der Waals surface area contributed by atoms with Crippen LogP contribution in [-0.2, 0) is 77.5 Å². The minimum atomic E-state index is -3.87. The zero-order valence-corrected chi connectivity index (χ0v) is 14.6. The van der Waals surface area contributed by atoms with Gasteiger partial charge in [0.15, 0.2) is 0 Å². The Balaban J connectivity index is -0.000000200. The van der Waals surface area contributed by atoms with Crippen molar-refractivity contribution in [3.05, 3.63) is 0 Å². The van der Waals surface area contributed by atoms with Gasteiger partial charge in [0.1, 0.15) is 8.87 Å². The summed E-state index contributed by atoms with van der Waals surface area (Å²) in [6.45, 7) is 0. The Hall–Kier alpha value is 0.904. The molecule has 0 saturated heterocycles. The van der Waals surface area contributed by atoms with E-state index in [0.717, 1.165) is 0 Å². The third kappa shape index (κ3) is 11.4. The molecule has 1 radical (unpaired) electrons. The second kappa shape index (κ2) is 7.36. The van der Waals surface area contributed by atoms with Crippen LogP contribution in [0, 0.1) is 0 Å². The van der Waals surface area contributed by atoms with Crippen LogP contribution < -0.4 is 0 Å². The third-order valence-corrected chi connectivity index (χ3v) is 7.17. The van der Waals surface area contributed by atoms with E-state index in [1.54, 1.807) is 0 Å². The summed E-state index contributed by atoms with van der Waals surface area (Å²) in [7, 11) is -14.5. The van der Waals surface area contributed by atoms with E-state index in [1.165, 1.54) is 0 Å². The van der Waals surface area contributed by atoms with Gasteiger partial charge in [0, 0.05) is 48.7 Å². The maximum absolute atomic E-state index is 10.1. The molecule has 0 aromatic carbocycles. The predicted octanol–water partition coefficient (Wildman–Crippen LogP) is -1.76. The second-order valence-electron chi connectivity index (χ2n) is 2.32. The molecule has 13 heteroatoms. The molecule has 0 rings (SSSR count). The molecule has 0 spiro atoms. The molecule has 0 unspecified atom stereocenters. The van der Waals surface area contributed by atoms with Crippen molar-refractivity contribution < 1.29 is 66.4 Å². The number of rotatable bonds is 2. The Morgan fingerprint density at radius 1 is 0.688 bits per heavy atom. The first-order valence-corrected chi connectivity index (χ1v) is 10.7. The first kappa shape index (κ1) is 22.1. The van der Waals surface area contributed by atoms with Gasteiger partial charge in [-0.25, -0.2) is 25.3 Å². The summed E-state index contributed by atoms with van der Waals surface area (Å²) in [6, 6.07) is 0. The molecule has 0 aliphatic carbocycles. The average Bonchev–Trinajstić information content (AvgIpc) is 1.80. The molecule has 0 heterocycles. The van der Waals surface area contributed by atoms with Gasteiger partial charge in [-0.1, -0.05) is 0 Å². The van der Waals surface area contributed by atoms with Gasteiger partial charge in [-0.3, -0.25) is 0 Å². The molecule has 0 N–H and O–H groups in total. The summed E-state index contributed by atoms with van der Waals surface area (Å²) in [4.78, 5) is 0. The fourth-order valence-electron chi connectivity index (χ4n) is 0. The first-order valence-electron chi connectivity index (χ1n) is 2.89. The maximum Gasteiger partial charge on any atom is 0.250 e. The van der Waals surface area contributed by atoms with Crippen molar-refractivity contribution in [3.8, 4) is 0 Å². The molecule has 16 heavy (non-hydrogen) atoms. The van der Waals surface area contributed by atoms with Gasteiger partial charge in [-0.05, 0) is 0 Å². The average molecular weight is 390 g/mol. The van der Waals surface area contributed by atoms with E-state index >= 15 is 0 Å². The van der Waals surface area contributed by atoms with Gasteiger partial charge in [-0.15, -0.1) is 0 Å². The number of hydrogen-bond acceptors (Lipinski definition) is 9. The normalized spacial score (nSPS) is 12.2. The van der Waals surface area contributed by atoms with Crippen molar-refractivity contribution in [2.45, 2.75) is 0 Å². The van der Waals surface area contributed by atoms with Gasteiger partial charge >= 0.3 is 0 Å². The zero-order chi connectivity index (χ0) is 13.1. The summed E-state index contributed by atoms with van der Waals surface area (Å²) < 4.78 is 78.6. The molecule has 0 aliphatic heterocycles. The topological polar surface area (TPSA) is 137 Å². The molecule has 0 aliphatic rings. The van der Waals surface area contributed by atoms with Gasteiger partial charge in [0.2, 0.25) is 17.7 Å². The SMILES string of the molecule is CS(=O)(=O)S(C)(=O)=O.CS(=O)(=O)[S-](=O)=O.[Y]. The predicted molar refractivity (Wildman–Crippen MR) is 53.3 cm³/mol. The van der Waals surface area contributed by atoms with Crippen LogP contribution in [0.2, 0.25) is 0 Å². The van der Waals surface area contributed by atoms with E-state index in [2.05, 4.69) is 0 Å². The first-order chi connectivity index (χ1) is 6.19. The Morgan fingerprint density at radius 3 is 0.812 bits per heavy atom. The van der Waals surface area contributed by atoms with Crippen LogP contribution in [0.4, 0.5) is 0 Å². The standard InChI is InChI=1S/C2H6O4S2.CH3O4S2.Y/c1-7(3,4)8(2,5)6;1-7(4,5)6(2)3;/h1-2H3;1H3;/q;-1;. The van der Waals surface area contributed by atoms with Gasteiger partial charge in [0.05, 0.1) is 12.5 Å². The van der Waals surface area contributed by atoms with Crippen molar-refractivity contribution in [1.29, 1.82) is 0 Å². The molecule has 0 bridgehead atoms. The molecule has 0 saturated carbocycles. The molecule has 0 aromatic rings. The molecular formula is C3H9O8S4Y-. The van der Waals surface area contributed by atoms with E-state index in [0.29, 0.717) is 18.8 Å². The van der Waals surface area contributed by atoms with Crippen LogP contribution in [-0.4, -0.2) is 44.0 Å². The fraction of sp³-hybridized carbons (Fsp3) is 1.00. The van der Waals surface area contributed by atoms with Crippen LogP contribution in [0.1, 0.15) is 0 Å². The second-order valence-corrected chi connectivity index (χ2v) is 13.2. The Bertz CT molecular complexity index is 537. The van der Waals surface area contributed by atoms with Crippen LogP contribution in [0.3, 0.4) is 0 Å².